The molecule has 1 unspecified atom stereocenters. The first kappa shape index (κ1) is 12.3. The number of hydrogen-bond donors (Lipinski definition) is 0. The summed E-state index contributed by atoms with van der Waals surface area (Å²) in [5, 5.41) is -0.742. The molecule has 80 valence electrons. The Labute approximate surface area is 98.0 Å². The first-order chi connectivity index (χ1) is 7.11. The van der Waals surface area contributed by atoms with Crippen LogP contribution in [0.15, 0.2) is 23.1 Å². The van der Waals surface area contributed by atoms with Crippen LogP contribution < -0.4 is 0 Å². The topological polar surface area (TPSA) is 34.1 Å². The molecule has 0 aliphatic carbocycles. The van der Waals surface area contributed by atoms with E-state index in [9.17, 15) is 9.59 Å². The van der Waals surface area contributed by atoms with Crippen LogP contribution in [-0.2, 0) is 4.79 Å². The Hall–Kier alpha value is -0.800. The number of ketones is 1. The van der Waals surface area contributed by atoms with E-state index in [0.29, 0.717) is 11.1 Å². The molecule has 0 bridgehead atoms. The summed E-state index contributed by atoms with van der Waals surface area (Å²) in [6.07, 6.45) is 2.62. The number of rotatable bonds is 4. The molecular formula is C11H11ClO2S. The van der Waals surface area contributed by atoms with E-state index in [4.69, 9.17) is 11.6 Å². The van der Waals surface area contributed by atoms with Crippen LogP contribution in [-0.4, -0.2) is 18.3 Å². The summed E-state index contributed by atoms with van der Waals surface area (Å²) >= 11 is 7.46. The van der Waals surface area contributed by atoms with Gasteiger partial charge < -0.3 is 0 Å². The van der Waals surface area contributed by atoms with Crippen LogP contribution in [0.1, 0.15) is 28.2 Å². The number of thioether (sulfide) groups is 1. The molecule has 1 atom stereocenters. The summed E-state index contributed by atoms with van der Waals surface area (Å²) in [7, 11) is 0. The molecule has 0 aliphatic heterocycles. The van der Waals surface area contributed by atoms with Crippen molar-refractivity contribution in [3.05, 3.63) is 29.3 Å². The molecule has 15 heavy (non-hydrogen) atoms. The smallest absolute Gasteiger partial charge is 0.152 e. The van der Waals surface area contributed by atoms with Crippen molar-refractivity contribution in [2.75, 3.05) is 6.26 Å². The van der Waals surface area contributed by atoms with E-state index in [1.54, 1.807) is 12.1 Å². The van der Waals surface area contributed by atoms with Gasteiger partial charge in [-0.25, -0.2) is 0 Å². The highest BCUT2D eigenvalue weighted by molar-refractivity contribution is 7.98. The normalized spacial score (nSPS) is 12.2. The van der Waals surface area contributed by atoms with Gasteiger partial charge in [0, 0.05) is 16.0 Å². The molecule has 2 nitrogen and oxygen atoms in total. The van der Waals surface area contributed by atoms with Gasteiger partial charge in [-0.15, -0.1) is 23.4 Å². The van der Waals surface area contributed by atoms with Crippen molar-refractivity contribution >= 4 is 35.4 Å². The minimum Gasteiger partial charge on any atom is -0.298 e. The van der Waals surface area contributed by atoms with Crippen molar-refractivity contribution in [2.24, 2.45) is 0 Å². The molecule has 1 rings (SSSR count). The van der Waals surface area contributed by atoms with E-state index < -0.39 is 5.38 Å². The molecule has 0 saturated carbocycles. The summed E-state index contributed by atoms with van der Waals surface area (Å²) in [5.41, 5.74) is 1.10. The molecule has 4 heteroatoms. The fourth-order valence-electron chi connectivity index (χ4n) is 1.32. The van der Waals surface area contributed by atoms with E-state index in [1.165, 1.54) is 18.7 Å². The van der Waals surface area contributed by atoms with Crippen molar-refractivity contribution in [1.29, 1.82) is 0 Å². The monoisotopic (exact) mass is 242 g/mol. The molecule has 1 aromatic carbocycles. The highest BCUT2D eigenvalue weighted by Crippen LogP contribution is 2.32. The van der Waals surface area contributed by atoms with Crippen LogP contribution in [0.4, 0.5) is 0 Å². The van der Waals surface area contributed by atoms with E-state index in [1.807, 2.05) is 12.3 Å². The van der Waals surface area contributed by atoms with Crippen LogP contribution in [0.5, 0.6) is 0 Å². The Morgan fingerprint density at radius 1 is 1.53 bits per heavy atom. The minimum atomic E-state index is -0.742. The zero-order chi connectivity index (χ0) is 11.4. The van der Waals surface area contributed by atoms with E-state index in [2.05, 4.69) is 0 Å². The summed E-state index contributed by atoms with van der Waals surface area (Å²) < 4.78 is 0. The van der Waals surface area contributed by atoms with Gasteiger partial charge in [0.25, 0.3) is 0 Å². The van der Waals surface area contributed by atoms with Gasteiger partial charge in [-0.3, -0.25) is 9.59 Å². The standard InChI is InChI=1S/C11H11ClO2S/c1-7(14)11(12)10-8(6-13)4-3-5-9(10)15-2/h3-6,11H,1-2H3. The molecule has 0 spiro atoms. The van der Waals surface area contributed by atoms with Crippen LogP contribution in [0.25, 0.3) is 0 Å². The van der Waals surface area contributed by atoms with Gasteiger partial charge in [0.1, 0.15) is 11.7 Å². The van der Waals surface area contributed by atoms with Gasteiger partial charge in [0.2, 0.25) is 0 Å². The predicted octanol–water partition coefficient (Wildman–Crippen LogP) is 3.09. The van der Waals surface area contributed by atoms with Gasteiger partial charge in [0.05, 0.1) is 0 Å². The second-order valence-electron chi connectivity index (χ2n) is 3.05. The van der Waals surface area contributed by atoms with E-state index in [0.717, 1.165) is 11.2 Å². The Bertz CT molecular complexity index is 390. The molecule has 0 fully saturated rings. The van der Waals surface area contributed by atoms with Gasteiger partial charge in [0.15, 0.2) is 5.78 Å². The van der Waals surface area contributed by atoms with Crippen molar-refractivity contribution in [2.45, 2.75) is 17.2 Å². The quantitative estimate of drug-likeness (QED) is 0.462. The summed E-state index contributed by atoms with van der Waals surface area (Å²) in [4.78, 5) is 22.9. The van der Waals surface area contributed by atoms with Crippen LogP contribution in [0, 0.1) is 0 Å². The lowest BCUT2D eigenvalue weighted by Gasteiger charge is -2.13. The van der Waals surface area contributed by atoms with Crippen molar-refractivity contribution < 1.29 is 9.59 Å². The second-order valence-corrected chi connectivity index (χ2v) is 4.34. The maximum Gasteiger partial charge on any atom is 0.152 e. The van der Waals surface area contributed by atoms with Crippen LogP contribution in [0.3, 0.4) is 0 Å². The highest BCUT2D eigenvalue weighted by Gasteiger charge is 2.20. The van der Waals surface area contributed by atoms with Gasteiger partial charge >= 0.3 is 0 Å². The Morgan fingerprint density at radius 2 is 2.20 bits per heavy atom. The summed E-state index contributed by atoms with van der Waals surface area (Å²) in [6, 6.07) is 5.30. The minimum absolute atomic E-state index is 0.152. The molecule has 0 amide bonds. The SMILES string of the molecule is CSc1cccc(C=O)c1C(Cl)C(C)=O. The number of halogens is 1. The lowest BCUT2D eigenvalue weighted by Crippen LogP contribution is -2.06. The number of alkyl halides is 1. The predicted molar refractivity (Wildman–Crippen MR) is 62.9 cm³/mol. The second kappa shape index (κ2) is 5.33. The zero-order valence-electron chi connectivity index (χ0n) is 8.49. The van der Waals surface area contributed by atoms with Crippen LogP contribution >= 0.6 is 23.4 Å². The first-order valence-corrected chi connectivity index (χ1v) is 6.04. The highest BCUT2D eigenvalue weighted by atomic mass is 35.5. The third-order valence-electron chi connectivity index (χ3n) is 2.06. The van der Waals surface area contributed by atoms with Gasteiger partial charge in [-0.1, -0.05) is 12.1 Å². The molecule has 0 N–H and O–H groups in total. The molecule has 0 aromatic heterocycles. The number of Topliss-reactive ketones (excluding diaryl/α,β-unsaturated/α-hetero) is 1. The number of aldehydes is 1. The average Bonchev–Trinajstić information content (AvgIpc) is 2.26. The fourth-order valence-corrected chi connectivity index (χ4v) is 2.29. The average molecular weight is 243 g/mol. The van der Waals surface area contributed by atoms with E-state index >= 15 is 0 Å². The van der Waals surface area contributed by atoms with Crippen molar-refractivity contribution in [3.8, 4) is 0 Å². The Balaban J connectivity index is 3.33. The third kappa shape index (κ3) is 2.61. The molecule has 0 radical (unpaired) electrons. The Kier molecular flexibility index (Phi) is 4.36. The summed E-state index contributed by atoms with van der Waals surface area (Å²) in [5.74, 6) is -0.152. The number of benzene rings is 1. The molecule has 0 saturated heterocycles. The van der Waals surface area contributed by atoms with Crippen LogP contribution in [0.2, 0.25) is 0 Å². The third-order valence-corrected chi connectivity index (χ3v) is 3.38. The maximum atomic E-state index is 11.2. The Morgan fingerprint density at radius 3 is 2.67 bits per heavy atom. The molecule has 1 aromatic rings. The van der Waals surface area contributed by atoms with Crippen molar-refractivity contribution in [1.82, 2.24) is 0 Å². The maximum absolute atomic E-state index is 11.2. The number of hydrogen-bond acceptors (Lipinski definition) is 3. The van der Waals surface area contributed by atoms with Gasteiger partial charge in [-0.05, 0) is 19.2 Å². The number of carbonyl (C=O) groups excluding carboxylic acids is 2. The first-order valence-electron chi connectivity index (χ1n) is 4.38. The van der Waals surface area contributed by atoms with E-state index in [-0.39, 0.29) is 5.78 Å². The lowest BCUT2D eigenvalue weighted by atomic mass is 10.0. The molecular weight excluding hydrogens is 232 g/mol. The fraction of sp³-hybridized carbons (Fsp3) is 0.273. The van der Waals surface area contributed by atoms with Crippen molar-refractivity contribution in [3.63, 3.8) is 0 Å². The molecule has 0 heterocycles. The molecule has 0 aliphatic rings. The number of carbonyl (C=O) groups is 2. The zero-order valence-corrected chi connectivity index (χ0v) is 10.1. The van der Waals surface area contributed by atoms with Gasteiger partial charge in [-0.2, -0.15) is 0 Å². The summed E-state index contributed by atoms with van der Waals surface area (Å²) in [6.45, 7) is 1.42. The lowest BCUT2D eigenvalue weighted by molar-refractivity contribution is -0.116. The largest absolute Gasteiger partial charge is 0.298 e.